The number of nitrogens with zero attached hydrogens (tertiary/aromatic N) is 3. The molecule has 0 bridgehead atoms. The standard InChI is InChI=1S/C18H23N5O2/c1-12(2)9-10-23-14-15(22(3)18(25)21-16(14)24)20-17(23)19-11-13-7-5-4-6-8-13/h4-9,14-15H,10-11H2,1-3H3,(H,19,20)(H,21,24,25). The molecule has 0 aliphatic carbocycles. The molecule has 7 nitrogen and oxygen atoms in total. The summed E-state index contributed by atoms with van der Waals surface area (Å²) >= 11 is 0. The van der Waals surface area contributed by atoms with E-state index in [1.165, 1.54) is 4.90 Å². The molecule has 0 spiro atoms. The molecule has 25 heavy (non-hydrogen) atoms. The van der Waals surface area contributed by atoms with E-state index in [9.17, 15) is 9.59 Å². The van der Waals surface area contributed by atoms with Gasteiger partial charge < -0.3 is 15.1 Å². The van der Waals surface area contributed by atoms with Crippen LogP contribution in [-0.4, -0.2) is 53.5 Å². The van der Waals surface area contributed by atoms with Gasteiger partial charge in [0.2, 0.25) is 0 Å². The highest BCUT2D eigenvalue weighted by atomic mass is 16.2. The van der Waals surface area contributed by atoms with Crippen LogP contribution < -0.4 is 10.6 Å². The third kappa shape index (κ3) is 3.50. The number of hydrogen-bond acceptors (Lipinski definition) is 3. The van der Waals surface area contributed by atoms with Gasteiger partial charge in [0.05, 0.1) is 6.54 Å². The van der Waals surface area contributed by atoms with Crippen molar-refractivity contribution in [1.82, 2.24) is 20.4 Å². The lowest BCUT2D eigenvalue weighted by Crippen LogP contribution is -2.64. The minimum atomic E-state index is -0.493. The molecular formula is C18H23N5O2. The zero-order valence-electron chi connectivity index (χ0n) is 14.7. The average molecular weight is 341 g/mol. The lowest BCUT2D eigenvalue weighted by Gasteiger charge is -2.35. The molecule has 1 aromatic carbocycles. The van der Waals surface area contributed by atoms with Gasteiger partial charge in [-0.05, 0) is 19.4 Å². The lowest BCUT2D eigenvalue weighted by molar-refractivity contribution is -0.126. The number of amides is 3. The van der Waals surface area contributed by atoms with Crippen LogP contribution in [0.25, 0.3) is 0 Å². The first-order chi connectivity index (χ1) is 12.0. The van der Waals surface area contributed by atoms with Crippen molar-refractivity contribution < 1.29 is 9.59 Å². The maximum atomic E-state index is 12.4. The van der Waals surface area contributed by atoms with E-state index in [4.69, 9.17) is 0 Å². The van der Waals surface area contributed by atoms with Crippen LogP contribution in [0.2, 0.25) is 0 Å². The topological polar surface area (TPSA) is 77.0 Å². The van der Waals surface area contributed by atoms with Crippen LogP contribution in [0.1, 0.15) is 19.4 Å². The van der Waals surface area contributed by atoms with Crippen LogP contribution in [-0.2, 0) is 11.3 Å². The molecule has 2 aliphatic rings. The van der Waals surface area contributed by atoms with E-state index in [-0.39, 0.29) is 5.91 Å². The number of urea groups is 1. The van der Waals surface area contributed by atoms with Crippen molar-refractivity contribution in [1.29, 1.82) is 0 Å². The normalized spacial score (nSPS) is 24.0. The van der Waals surface area contributed by atoms with Gasteiger partial charge in [-0.1, -0.05) is 42.0 Å². The van der Waals surface area contributed by atoms with Crippen LogP contribution in [0.15, 0.2) is 47.0 Å². The molecule has 2 unspecified atom stereocenters. The zero-order valence-corrected chi connectivity index (χ0v) is 14.7. The Hall–Kier alpha value is -2.83. The highest BCUT2D eigenvalue weighted by Crippen LogP contribution is 2.21. The van der Waals surface area contributed by atoms with Gasteiger partial charge in [-0.25, -0.2) is 9.79 Å². The van der Waals surface area contributed by atoms with E-state index in [0.717, 1.165) is 11.1 Å². The van der Waals surface area contributed by atoms with Crippen molar-refractivity contribution in [2.45, 2.75) is 32.6 Å². The molecule has 7 heteroatoms. The van der Waals surface area contributed by atoms with Crippen molar-refractivity contribution >= 4 is 17.9 Å². The highest BCUT2D eigenvalue weighted by molar-refractivity contribution is 6.04. The number of carbonyl (C=O) groups is 2. The molecule has 2 saturated heterocycles. The Bertz CT molecular complexity index is 724. The predicted octanol–water partition coefficient (Wildman–Crippen LogP) is 1.29. The van der Waals surface area contributed by atoms with Crippen LogP contribution in [0.3, 0.4) is 0 Å². The van der Waals surface area contributed by atoms with Gasteiger partial charge in [-0.3, -0.25) is 10.1 Å². The Morgan fingerprint density at radius 1 is 1.24 bits per heavy atom. The van der Waals surface area contributed by atoms with Crippen LogP contribution in [0.4, 0.5) is 4.79 Å². The fourth-order valence-electron chi connectivity index (χ4n) is 2.95. The second kappa shape index (κ2) is 6.96. The fourth-order valence-corrected chi connectivity index (χ4v) is 2.95. The summed E-state index contributed by atoms with van der Waals surface area (Å²) in [6.07, 6.45) is 1.63. The Morgan fingerprint density at radius 3 is 2.64 bits per heavy atom. The molecule has 0 aromatic heterocycles. The number of aliphatic imine (C=N–C) groups is 1. The van der Waals surface area contributed by atoms with Gasteiger partial charge >= 0.3 is 6.03 Å². The number of guanidine groups is 1. The monoisotopic (exact) mass is 341 g/mol. The van der Waals surface area contributed by atoms with Crippen molar-refractivity contribution in [3.8, 4) is 0 Å². The lowest BCUT2D eigenvalue weighted by atomic mass is 10.1. The van der Waals surface area contributed by atoms with E-state index >= 15 is 0 Å². The van der Waals surface area contributed by atoms with Gasteiger partial charge in [0, 0.05) is 13.6 Å². The van der Waals surface area contributed by atoms with Crippen molar-refractivity contribution in [2.75, 3.05) is 13.6 Å². The van der Waals surface area contributed by atoms with Crippen molar-refractivity contribution in [2.24, 2.45) is 4.99 Å². The summed E-state index contributed by atoms with van der Waals surface area (Å²) in [4.78, 5) is 32.4. The summed E-state index contributed by atoms with van der Waals surface area (Å²) < 4.78 is 0. The smallest absolute Gasteiger partial charge is 0.325 e. The first-order valence-corrected chi connectivity index (χ1v) is 8.30. The van der Waals surface area contributed by atoms with E-state index in [2.05, 4.69) is 15.6 Å². The molecule has 2 aliphatic heterocycles. The summed E-state index contributed by atoms with van der Waals surface area (Å²) in [6.45, 7) is 5.09. The first kappa shape index (κ1) is 17.0. The van der Waals surface area contributed by atoms with Gasteiger partial charge in [0.25, 0.3) is 5.91 Å². The average Bonchev–Trinajstić information content (AvgIpc) is 2.96. The quantitative estimate of drug-likeness (QED) is 0.809. The van der Waals surface area contributed by atoms with Gasteiger partial charge in [0.15, 0.2) is 12.0 Å². The number of rotatable bonds is 4. The molecule has 2 N–H and O–H groups in total. The van der Waals surface area contributed by atoms with E-state index in [1.807, 2.05) is 55.2 Å². The number of imide groups is 1. The molecule has 0 saturated carbocycles. The summed E-state index contributed by atoms with van der Waals surface area (Å²) in [5.74, 6) is 0.334. The molecule has 3 amide bonds. The molecule has 2 atom stereocenters. The van der Waals surface area contributed by atoms with E-state index in [1.54, 1.807) is 7.05 Å². The predicted molar refractivity (Wildman–Crippen MR) is 95.7 cm³/mol. The Kier molecular flexibility index (Phi) is 4.74. The zero-order chi connectivity index (χ0) is 18.0. The summed E-state index contributed by atoms with van der Waals surface area (Å²) in [6, 6.07) is 9.03. The number of likely N-dealkylation sites (N-methyl/N-ethyl adjacent to an activating group) is 1. The molecule has 2 heterocycles. The number of nitrogens with one attached hydrogen (secondary N) is 2. The minimum absolute atomic E-state index is 0.298. The molecule has 3 rings (SSSR count). The van der Waals surface area contributed by atoms with Gasteiger partial charge in [-0.2, -0.15) is 0 Å². The van der Waals surface area contributed by atoms with Crippen LogP contribution in [0.5, 0.6) is 0 Å². The number of fused-ring (bicyclic) bond motifs is 1. The second-order valence-corrected chi connectivity index (χ2v) is 6.50. The van der Waals surface area contributed by atoms with Crippen LogP contribution in [0, 0.1) is 0 Å². The van der Waals surface area contributed by atoms with Gasteiger partial charge in [-0.15, -0.1) is 0 Å². The first-order valence-electron chi connectivity index (χ1n) is 8.30. The number of benzene rings is 1. The van der Waals surface area contributed by atoms with Gasteiger partial charge in [0.1, 0.15) is 6.17 Å². The number of hydrogen-bond donors (Lipinski definition) is 2. The van der Waals surface area contributed by atoms with E-state index < -0.39 is 18.2 Å². The summed E-state index contributed by atoms with van der Waals surface area (Å²) in [7, 11) is 1.67. The number of carbonyl (C=O) groups excluding carboxylic acids is 2. The largest absolute Gasteiger partial charge is 0.333 e. The second-order valence-electron chi connectivity index (χ2n) is 6.50. The Morgan fingerprint density at radius 2 is 1.96 bits per heavy atom. The maximum Gasteiger partial charge on any atom is 0.325 e. The third-order valence-corrected chi connectivity index (χ3v) is 4.37. The SMILES string of the molecule is CC(C)=CCN1C(=NCc2ccccc2)NC2C1C(=O)NC(=O)N2C. The maximum absolute atomic E-state index is 12.4. The third-order valence-electron chi connectivity index (χ3n) is 4.37. The molecule has 132 valence electrons. The Balaban J connectivity index is 1.88. The fraction of sp³-hybridized carbons (Fsp3) is 0.389. The molecule has 2 fully saturated rings. The number of allylic oxidation sites excluding steroid dienone is 1. The molecule has 0 radical (unpaired) electrons. The minimum Gasteiger partial charge on any atom is -0.333 e. The van der Waals surface area contributed by atoms with Crippen molar-refractivity contribution in [3.05, 3.63) is 47.5 Å². The molecule has 1 aromatic rings. The highest BCUT2D eigenvalue weighted by Gasteiger charge is 2.49. The van der Waals surface area contributed by atoms with E-state index in [0.29, 0.717) is 19.0 Å². The summed E-state index contributed by atoms with van der Waals surface area (Å²) in [5.41, 5.74) is 2.24. The van der Waals surface area contributed by atoms with Crippen LogP contribution >= 0.6 is 0 Å². The molecular weight excluding hydrogens is 318 g/mol. The summed E-state index contributed by atoms with van der Waals surface area (Å²) in [5, 5.41) is 5.64. The van der Waals surface area contributed by atoms with Crippen molar-refractivity contribution in [3.63, 3.8) is 0 Å². The Labute approximate surface area is 147 Å².